The number of para-hydroxylation sites is 1. The third kappa shape index (κ3) is 5.79. The van der Waals surface area contributed by atoms with E-state index in [1.165, 1.54) is 24.6 Å². The lowest BCUT2D eigenvalue weighted by Crippen LogP contribution is -2.66. The number of hydrogen-bond donors (Lipinski definition) is 1. The van der Waals surface area contributed by atoms with E-state index < -0.39 is 21.6 Å². The molecule has 3 rings (SSSR count). The molecule has 0 aliphatic heterocycles. The second-order valence-corrected chi connectivity index (χ2v) is 16.4. The van der Waals surface area contributed by atoms with Crippen LogP contribution >= 0.6 is 7.60 Å². The van der Waals surface area contributed by atoms with Crippen molar-refractivity contribution in [3.8, 4) is 5.75 Å². The highest BCUT2D eigenvalue weighted by Gasteiger charge is 2.50. The van der Waals surface area contributed by atoms with E-state index in [0.29, 0.717) is 25.0 Å². The summed E-state index contributed by atoms with van der Waals surface area (Å²) < 4.78 is 31.1. The molecule has 0 saturated carbocycles. The fraction of sp³-hybridized carbons (Fsp3) is 0.357. The minimum absolute atomic E-state index is 0.0831. The third-order valence-corrected chi connectivity index (χ3v) is 13.9. The highest BCUT2D eigenvalue weighted by molar-refractivity contribution is 7.54. The molecule has 0 heterocycles. The van der Waals surface area contributed by atoms with Gasteiger partial charge in [-0.15, -0.1) is 0 Å². The first kappa shape index (κ1) is 27.4. The Bertz CT molecular complexity index is 1070. The Labute approximate surface area is 210 Å². The topological polar surface area (TPSA) is 65.0 Å². The summed E-state index contributed by atoms with van der Waals surface area (Å²) in [6.07, 6.45) is 1.11. The van der Waals surface area contributed by atoms with Crippen molar-refractivity contribution in [2.24, 2.45) is 0 Å². The highest BCUT2D eigenvalue weighted by Crippen LogP contribution is 2.62. The van der Waals surface area contributed by atoms with Gasteiger partial charge < -0.3 is 18.6 Å². The Morgan fingerprint density at radius 3 is 1.77 bits per heavy atom. The zero-order chi connectivity index (χ0) is 25.5. The summed E-state index contributed by atoms with van der Waals surface area (Å²) in [5.41, 5.74) is -0.0357. The van der Waals surface area contributed by atoms with E-state index in [0.717, 1.165) is 0 Å². The lowest BCUT2D eigenvalue weighted by molar-refractivity contribution is 0.254. The van der Waals surface area contributed by atoms with Crippen LogP contribution in [0.2, 0.25) is 5.04 Å². The minimum Gasteiger partial charge on any atom is -0.508 e. The Kier molecular flexibility index (Phi) is 9.14. The van der Waals surface area contributed by atoms with Crippen LogP contribution in [0, 0.1) is 0 Å². The van der Waals surface area contributed by atoms with Gasteiger partial charge in [0.25, 0.3) is 8.32 Å². The van der Waals surface area contributed by atoms with Crippen molar-refractivity contribution in [3.05, 3.63) is 90.5 Å². The maximum atomic E-state index is 13.4. The van der Waals surface area contributed by atoms with Gasteiger partial charge in [0, 0.05) is 26.4 Å². The van der Waals surface area contributed by atoms with Gasteiger partial charge in [-0.05, 0) is 34.3 Å². The monoisotopic (exact) mass is 512 g/mol. The van der Waals surface area contributed by atoms with Crippen LogP contribution in [0.3, 0.4) is 0 Å². The predicted octanol–water partition coefficient (Wildman–Crippen LogP) is 6.28. The Balaban J connectivity index is 1.92. The van der Waals surface area contributed by atoms with Gasteiger partial charge >= 0.3 is 7.60 Å². The van der Waals surface area contributed by atoms with Crippen molar-refractivity contribution >= 4 is 26.3 Å². The molecule has 0 fully saturated rings. The van der Waals surface area contributed by atoms with E-state index in [1.807, 2.05) is 18.2 Å². The van der Waals surface area contributed by atoms with Gasteiger partial charge in [-0.25, -0.2) is 0 Å². The Hall–Kier alpha value is -2.21. The van der Waals surface area contributed by atoms with Gasteiger partial charge in [-0.1, -0.05) is 99.6 Å². The van der Waals surface area contributed by atoms with Gasteiger partial charge in [-0.2, -0.15) is 0 Å². The summed E-state index contributed by atoms with van der Waals surface area (Å²) >= 11 is 0. The smallest absolute Gasteiger partial charge is 0.337 e. The van der Waals surface area contributed by atoms with Gasteiger partial charge in [0.15, 0.2) is 0 Å². The van der Waals surface area contributed by atoms with Crippen molar-refractivity contribution in [2.75, 3.05) is 20.8 Å². The fourth-order valence-corrected chi connectivity index (χ4v) is 11.2. The number of phenols is 1. The van der Waals surface area contributed by atoms with E-state index >= 15 is 0 Å². The van der Waals surface area contributed by atoms with Crippen molar-refractivity contribution in [3.63, 3.8) is 0 Å². The molecule has 188 valence electrons. The average molecular weight is 513 g/mol. The quantitative estimate of drug-likeness (QED) is 0.186. The molecule has 0 spiro atoms. The molecule has 7 heteroatoms. The molecule has 1 atom stereocenters. The van der Waals surface area contributed by atoms with Crippen LogP contribution in [0.25, 0.3) is 0 Å². The number of rotatable bonds is 11. The molecule has 35 heavy (non-hydrogen) atoms. The molecule has 0 aliphatic carbocycles. The molecule has 3 aromatic rings. The zero-order valence-electron chi connectivity index (χ0n) is 21.3. The number of phenolic OH excluding ortho intramolecular Hbond substituents is 1. The third-order valence-electron chi connectivity index (χ3n) is 6.54. The van der Waals surface area contributed by atoms with E-state index in [4.69, 9.17) is 13.5 Å². The molecular weight excluding hydrogens is 475 g/mol. The maximum Gasteiger partial charge on any atom is 0.337 e. The van der Waals surface area contributed by atoms with E-state index in [-0.39, 0.29) is 10.8 Å². The predicted molar refractivity (Wildman–Crippen MR) is 145 cm³/mol. The number of aromatic hydroxyl groups is 1. The molecular formula is C28H37O5PSi. The van der Waals surface area contributed by atoms with Gasteiger partial charge in [0.05, 0.1) is 5.66 Å². The van der Waals surface area contributed by atoms with Crippen molar-refractivity contribution in [1.29, 1.82) is 0 Å². The first-order chi connectivity index (χ1) is 16.7. The first-order valence-corrected chi connectivity index (χ1v) is 15.5. The molecule has 1 N–H and O–H groups in total. The van der Waals surface area contributed by atoms with Crippen LogP contribution in [0.5, 0.6) is 5.75 Å². The highest BCUT2D eigenvalue weighted by atomic mass is 31.2. The largest absolute Gasteiger partial charge is 0.508 e. The average Bonchev–Trinajstić information content (AvgIpc) is 2.87. The molecule has 0 amide bonds. The first-order valence-electron chi connectivity index (χ1n) is 11.9. The van der Waals surface area contributed by atoms with Gasteiger partial charge in [0.2, 0.25) is 0 Å². The Morgan fingerprint density at radius 2 is 1.31 bits per heavy atom. The van der Waals surface area contributed by atoms with E-state index in [1.54, 1.807) is 18.2 Å². The Morgan fingerprint density at radius 1 is 0.829 bits per heavy atom. The van der Waals surface area contributed by atoms with E-state index in [9.17, 15) is 9.67 Å². The van der Waals surface area contributed by atoms with Crippen LogP contribution in [0.4, 0.5) is 0 Å². The standard InChI is InChI=1S/C28H37O5PSi/c1-28(2,3)35(23-15-8-6-9-16-23,24-17-10-7-11-18-24)33-22-14-21-27(34(30,31-4)32-5)25-19-12-13-20-26(25)29/h6-13,15-20,27,29H,14,21-22H2,1-5H3. The van der Waals surface area contributed by atoms with Crippen molar-refractivity contribution in [2.45, 2.75) is 44.3 Å². The molecule has 0 radical (unpaired) electrons. The molecule has 0 saturated heterocycles. The van der Waals surface area contributed by atoms with Crippen LogP contribution < -0.4 is 10.4 Å². The summed E-state index contributed by atoms with van der Waals surface area (Å²) in [7, 11) is -3.36. The maximum absolute atomic E-state index is 13.4. The summed E-state index contributed by atoms with van der Waals surface area (Å²) in [4.78, 5) is 0. The van der Waals surface area contributed by atoms with Crippen LogP contribution in [0.1, 0.15) is 44.8 Å². The number of hydrogen-bond acceptors (Lipinski definition) is 5. The van der Waals surface area contributed by atoms with E-state index in [2.05, 4.69) is 69.3 Å². The summed E-state index contributed by atoms with van der Waals surface area (Å²) in [6.45, 7) is 7.21. The summed E-state index contributed by atoms with van der Waals surface area (Å²) in [6, 6.07) is 27.9. The fourth-order valence-electron chi connectivity index (χ4n) is 4.85. The zero-order valence-corrected chi connectivity index (χ0v) is 23.2. The molecule has 0 aliphatic rings. The lowest BCUT2D eigenvalue weighted by atomic mass is 10.1. The SMILES string of the molecule is COP(=O)(OC)C(CCCO[Si](c1ccccc1)(c1ccccc1)C(C)(C)C)c1ccccc1O. The lowest BCUT2D eigenvalue weighted by Gasteiger charge is -2.43. The molecule has 0 aromatic heterocycles. The van der Waals surface area contributed by atoms with Crippen molar-refractivity contribution in [1.82, 2.24) is 0 Å². The van der Waals surface area contributed by atoms with Crippen LogP contribution in [0.15, 0.2) is 84.9 Å². The summed E-state index contributed by atoms with van der Waals surface area (Å²) in [5.74, 6) is 0.0831. The van der Waals surface area contributed by atoms with Gasteiger partial charge in [0.1, 0.15) is 5.75 Å². The molecule has 1 unspecified atom stereocenters. The van der Waals surface area contributed by atoms with Crippen LogP contribution in [-0.2, 0) is 18.0 Å². The van der Waals surface area contributed by atoms with Crippen molar-refractivity contribution < 1.29 is 23.1 Å². The summed E-state index contributed by atoms with van der Waals surface area (Å²) in [5, 5.41) is 12.8. The van der Waals surface area contributed by atoms with Gasteiger partial charge in [-0.3, -0.25) is 4.57 Å². The second kappa shape index (κ2) is 11.7. The molecule has 3 aromatic carbocycles. The molecule has 5 nitrogen and oxygen atoms in total. The minimum atomic E-state index is -3.47. The number of benzene rings is 3. The second-order valence-electron chi connectivity index (χ2n) is 9.63. The normalized spacial score (nSPS) is 13.5. The van der Waals surface area contributed by atoms with Crippen LogP contribution in [-0.4, -0.2) is 34.3 Å². The molecule has 0 bridgehead atoms.